The van der Waals surface area contributed by atoms with Crippen molar-refractivity contribution in [3.05, 3.63) is 16.7 Å². The maximum atomic E-state index is 13.2. The number of carbonyl (C=O) groups is 2. The fourth-order valence-electron chi connectivity index (χ4n) is 5.34. The molecule has 0 aliphatic carbocycles. The van der Waals surface area contributed by atoms with Crippen molar-refractivity contribution in [2.24, 2.45) is 11.1 Å². The number of aromatic nitrogens is 3. The minimum Gasteiger partial charge on any atom is -0.665 e. The van der Waals surface area contributed by atoms with Crippen molar-refractivity contribution in [3.63, 3.8) is 0 Å². The van der Waals surface area contributed by atoms with Crippen molar-refractivity contribution in [1.82, 2.24) is 25.2 Å². The SMILES string of the molecule is C[N-]CC(C)(C)COCC(C)(S)Cn1nnc2c1CCN(C(=O)CCCC(=O)NCCCOCCOCCOCCCN)CC(OC)C2.[K+]. The first-order valence-corrected chi connectivity index (χ1v) is 17.7. The molecule has 2 heterocycles. The molecule has 0 saturated carbocycles. The summed E-state index contributed by atoms with van der Waals surface area (Å²) in [6, 6.07) is 0. The number of fused-ring (bicyclic) bond motifs is 1. The van der Waals surface area contributed by atoms with Crippen LogP contribution in [0.3, 0.4) is 0 Å². The molecule has 0 radical (unpaired) electrons. The maximum absolute atomic E-state index is 13.2. The molecule has 16 heteroatoms. The van der Waals surface area contributed by atoms with Gasteiger partial charge in [-0.25, -0.2) is 4.68 Å². The minimum absolute atomic E-state index is 0. The van der Waals surface area contributed by atoms with E-state index in [-0.39, 0.29) is 74.7 Å². The second-order valence-electron chi connectivity index (χ2n) is 13.5. The fourth-order valence-corrected chi connectivity index (χ4v) is 5.56. The average Bonchev–Trinajstić information content (AvgIpc) is 3.37. The third-order valence-corrected chi connectivity index (χ3v) is 8.14. The Morgan fingerprint density at radius 3 is 2.33 bits per heavy atom. The van der Waals surface area contributed by atoms with Gasteiger partial charge in [-0.3, -0.25) is 9.59 Å². The fraction of sp³-hybridized carbons (Fsp3) is 0.879. The molecule has 0 fully saturated rings. The second-order valence-corrected chi connectivity index (χ2v) is 14.5. The molecule has 2 rings (SSSR count). The maximum Gasteiger partial charge on any atom is 1.00 e. The van der Waals surface area contributed by atoms with E-state index in [0.29, 0.717) is 124 Å². The Labute approximate surface area is 342 Å². The van der Waals surface area contributed by atoms with Crippen LogP contribution in [0.4, 0.5) is 0 Å². The van der Waals surface area contributed by atoms with Crippen molar-refractivity contribution < 1.29 is 84.7 Å². The van der Waals surface area contributed by atoms with Gasteiger partial charge in [0.15, 0.2) is 0 Å². The number of hydrogen-bond donors (Lipinski definition) is 3. The molecule has 2 atom stereocenters. The van der Waals surface area contributed by atoms with E-state index in [4.69, 9.17) is 42.0 Å². The van der Waals surface area contributed by atoms with Crippen molar-refractivity contribution in [3.8, 4) is 0 Å². The number of nitrogens with two attached hydrogens (primary N) is 1. The first-order chi connectivity index (χ1) is 23.0. The topological polar surface area (TPSA) is 166 Å². The van der Waals surface area contributed by atoms with E-state index in [0.717, 1.165) is 24.4 Å². The van der Waals surface area contributed by atoms with E-state index in [1.807, 2.05) is 23.6 Å². The molecule has 3 N–H and O–H groups in total. The van der Waals surface area contributed by atoms with Gasteiger partial charge in [-0.1, -0.05) is 19.1 Å². The van der Waals surface area contributed by atoms with E-state index in [2.05, 4.69) is 34.8 Å². The Bertz CT molecular complexity index is 1050. The number of hydrogen-bond acceptors (Lipinski definition) is 11. The van der Waals surface area contributed by atoms with Gasteiger partial charge in [-0.15, -0.1) is 11.6 Å². The van der Waals surface area contributed by atoms with Crippen LogP contribution in [0.15, 0.2) is 0 Å². The molecule has 0 bridgehead atoms. The standard InChI is InChI=1S/C33H62N7O7S.K/c1-32(2,23-35-4)25-47-26-33(3,48)24-40-29-11-14-39(22-27(43-5)21-28(29)37-38-40)31(42)10-6-9-30(41)36-13-8-16-45-18-20-46-19-17-44-15-7-12-34;/h27,48H,6-26,34H2,1-5H3,(H,36,41);/q-1;+1. The zero-order valence-electron chi connectivity index (χ0n) is 31.0. The largest absolute Gasteiger partial charge is 1.00 e. The number of thiol groups is 1. The van der Waals surface area contributed by atoms with Crippen LogP contribution in [-0.4, -0.2) is 142 Å². The summed E-state index contributed by atoms with van der Waals surface area (Å²) in [5.41, 5.74) is 7.25. The number of methoxy groups -OCH3 is 1. The molecule has 0 saturated heterocycles. The predicted octanol–water partition coefficient (Wildman–Crippen LogP) is -0.966. The number of carbonyl (C=O) groups excluding carboxylic acids is 2. The molecular weight excluding hydrogens is 678 g/mol. The Hall–Kier alpha value is -0.214. The molecule has 1 aliphatic rings. The predicted molar refractivity (Wildman–Crippen MR) is 189 cm³/mol. The van der Waals surface area contributed by atoms with Crippen molar-refractivity contribution in [1.29, 1.82) is 0 Å². The van der Waals surface area contributed by atoms with E-state index >= 15 is 0 Å². The number of rotatable bonds is 26. The molecule has 1 aromatic heterocycles. The van der Waals surface area contributed by atoms with Crippen LogP contribution in [0.2, 0.25) is 0 Å². The van der Waals surface area contributed by atoms with Crippen molar-refractivity contribution in [2.45, 2.75) is 83.1 Å². The van der Waals surface area contributed by atoms with E-state index < -0.39 is 4.75 Å². The van der Waals surface area contributed by atoms with Gasteiger partial charge < -0.3 is 45.0 Å². The van der Waals surface area contributed by atoms with Crippen LogP contribution in [0.1, 0.15) is 64.3 Å². The van der Waals surface area contributed by atoms with Crippen LogP contribution in [0, 0.1) is 5.41 Å². The van der Waals surface area contributed by atoms with Gasteiger partial charge in [0.2, 0.25) is 11.8 Å². The summed E-state index contributed by atoms with van der Waals surface area (Å²) >= 11 is 4.90. The Morgan fingerprint density at radius 1 is 1.00 bits per heavy atom. The Balaban J connectivity index is 0.0000120. The molecule has 2 unspecified atom stereocenters. The molecule has 1 aliphatic heterocycles. The van der Waals surface area contributed by atoms with Gasteiger partial charge >= 0.3 is 51.4 Å². The monoisotopic (exact) mass is 739 g/mol. The third-order valence-electron chi connectivity index (χ3n) is 7.87. The molecule has 14 nitrogen and oxygen atoms in total. The van der Waals surface area contributed by atoms with Crippen LogP contribution in [0.25, 0.3) is 5.32 Å². The van der Waals surface area contributed by atoms with E-state index in [9.17, 15) is 9.59 Å². The summed E-state index contributed by atoms with van der Waals surface area (Å²) in [5, 5.41) is 16.1. The minimum atomic E-state index is -0.470. The van der Waals surface area contributed by atoms with Crippen LogP contribution in [0.5, 0.6) is 0 Å². The molecule has 0 aromatic carbocycles. The summed E-state index contributed by atoms with van der Waals surface area (Å²) in [6.07, 6.45) is 3.62. The quantitative estimate of drug-likeness (QED) is 0.0612. The van der Waals surface area contributed by atoms with E-state index in [1.54, 1.807) is 7.11 Å². The van der Waals surface area contributed by atoms with Crippen LogP contribution >= 0.6 is 12.6 Å². The zero-order chi connectivity index (χ0) is 35.3. The Morgan fingerprint density at radius 2 is 1.67 bits per heavy atom. The molecule has 278 valence electrons. The summed E-state index contributed by atoms with van der Waals surface area (Å²) in [6.45, 7) is 14.0. The van der Waals surface area contributed by atoms with Crippen molar-refractivity contribution in [2.75, 3.05) is 99.7 Å². The average molecular weight is 740 g/mol. The number of ether oxygens (including phenoxy) is 5. The number of amides is 2. The molecular formula is C33H62KN7O7S. The van der Waals surface area contributed by atoms with Gasteiger partial charge in [0.05, 0.1) is 68.4 Å². The van der Waals surface area contributed by atoms with Crippen molar-refractivity contribution >= 4 is 24.4 Å². The number of nitrogens with one attached hydrogen (secondary N) is 1. The van der Waals surface area contributed by atoms with Gasteiger partial charge in [-0.05, 0) is 38.1 Å². The summed E-state index contributed by atoms with van der Waals surface area (Å²) in [4.78, 5) is 27.4. The van der Waals surface area contributed by atoms with Gasteiger partial charge in [0.25, 0.3) is 0 Å². The van der Waals surface area contributed by atoms with Crippen LogP contribution < -0.4 is 62.4 Å². The van der Waals surface area contributed by atoms with Gasteiger partial charge in [-0.2, -0.15) is 19.7 Å². The smallest absolute Gasteiger partial charge is 0.665 e. The molecule has 1 aromatic rings. The number of nitrogens with zero attached hydrogens (tertiary/aromatic N) is 5. The summed E-state index contributed by atoms with van der Waals surface area (Å²) in [7, 11) is 3.47. The third kappa shape index (κ3) is 20.6. The molecule has 0 spiro atoms. The Kier molecular flexibility index (Phi) is 25.3. The summed E-state index contributed by atoms with van der Waals surface area (Å²) < 4.78 is 29.6. The molecule has 49 heavy (non-hydrogen) atoms. The van der Waals surface area contributed by atoms with Gasteiger partial charge in [0.1, 0.15) is 0 Å². The first-order valence-electron chi connectivity index (χ1n) is 17.3. The van der Waals surface area contributed by atoms with E-state index in [1.165, 1.54) is 0 Å². The summed E-state index contributed by atoms with van der Waals surface area (Å²) in [5.74, 6) is -0.0514. The zero-order valence-corrected chi connectivity index (χ0v) is 35.1. The first kappa shape index (κ1) is 46.8. The second kappa shape index (κ2) is 26.5. The normalized spacial score (nSPS) is 16.3. The van der Waals surface area contributed by atoms with Crippen LogP contribution in [-0.2, 0) is 52.7 Å². The molecule has 2 amide bonds. The van der Waals surface area contributed by atoms with Gasteiger partial charge in [0, 0.05) is 65.6 Å².